The summed E-state index contributed by atoms with van der Waals surface area (Å²) >= 11 is 0. The van der Waals surface area contributed by atoms with E-state index in [1.807, 2.05) is 31.3 Å². The molecule has 2 aromatic rings. The Kier molecular flexibility index (Phi) is 8.65. The van der Waals surface area contributed by atoms with Gasteiger partial charge in [0.25, 0.3) is 0 Å². The highest BCUT2D eigenvalue weighted by Gasteiger charge is 2.14. The molecule has 2 heterocycles. The van der Waals surface area contributed by atoms with Crippen LogP contribution in [0, 0.1) is 0 Å². The molecular weight excluding hydrogens is 384 g/mol. The number of hydrogen-bond acceptors (Lipinski definition) is 7. The summed E-state index contributed by atoms with van der Waals surface area (Å²) in [4.78, 5) is 16.5. The van der Waals surface area contributed by atoms with Gasteiger partial charge in [0.05, 0.1) is 20.3 Å². The monoisotopic (exact) mass is 416 g/mol. The number of amides is 1. The summed E-state index contributed by atoms with van der Waals surface area (Å²) in [5, 5.41) is 8.19. The molecule has 0 unspecified atom stereocenters. The minimum atomic E-state index is 0.106. The molecule has 0 saturated carbocycles. The summed E-state index contributed by atoms with van der Waals surface area (Å²) in [6.07, 6.45) is 3.32. The van der Waals surface area contributed by atoms with E-state index in [0.717, 1.165) is 58.0 Å². The summed E-state index contributed by atoms with van der Waals surface area (Å²) in [6, 6.07) is 7.95. The Morgan fingerprint density at radius 1 is 1.10 bits per heavy atom. The summed E-state index contributed by atoms with van der Waals surface area (Å²) in [5.74, 6) is 2.08. The average molecular weight is 417 g/mol. The van der Waals surface area contributed by atoms with Crippen molar-refractivity contribution >= 4 is 5.91 Å². The first-order valence-electron chi connectivity index (χ1n) is 10.6. The normalized spacial score (nSPS) is 14.6. The van der Waals surface area contributed by atoms with Crippen LogP contribution in [0.25, 0.3) is 0 Å². The Labute approximate surface area is 178 Å². The smallest absolute Gasteiger partial charge is 0.222 e. The van der Waals surface area contributed by atoms with Crippen LogP contribution in [0.3, 0.4) is 0 Å². The van der Waals surface area contributed by atoms with Crippen molar-refractivity contribution in [3.8, 4) is 5.75 Å². The molecule has 1 amide bonds. The van der Waals surface area contributed by atoms with Crippen LogP contribution < -0.4 is 4.74 Å². The van der Waals surface area contributed by atoms with Crippen molar-refractivity contribution in [2.45, 2.75) is 32.1 Å². The fourth-order valence-electron chi connectivity index (χ4n) is 3.42. The van der Waals surface area contributed by atoms with Crippen LogP contribution in [0.2, 0.25) is 0 Å². The highest BCUT2D eigenvalue weighted by molar-refractivity contribution is 5.75. The van der Waals surface area contributed by atoms with Gasteiger partial charge in [0.2, 0.25) is 17.7 Å². The maximum Gasteiger partial charge on any atom is 0.222 e. The van der Waals surface area contributed by atoms with Gasteiger partial charge in [-0.05, 0) is 30.5 Å². The van der Waals surface area contributed by atoms with Gasteiger partial charge in [-0.25, -0.2) is 0 Å². The lowest BCUT2D eigenvalue weighted by Crippen LogP contribution is -2.38. The van der Waals surface area contributed by atoms with Gasteiger partial charge in [-0.2, -0.15) is 0 Å². The molecule has 0 radical (unpaired) electrons. The second-order valence-corrected chi connectivity index (χ2v) is 7.56. The average Bonchev–Trinajstić information content (AvgIpc) is 3.25. The van der Waals surface area contributed by atoms with E-state index in [4.69, 9.17) is 13.9 Å². The van der Waals surface area contributed by atoms with E-state index >= 15 is 0 Å². The minimum Gasteiger partial charge on any atom is -0.497 e. The zero-order valence-corrected chi connectivity index (χ0v) is 18.0. The van der Waals surface area contributed by atoms with E-state index in [0.29, 0.717) is 31.0 Å². The van der Waals surface area contributed by atoms with Crippen molar-refractivity contribution in [2.24, 2.45) is 0 Å². The van der Waals surface area contributed by atoms with Crippen LogP contribution >= 0.6 is 0 Å². The Morgan fingerprint density at radius 2 is 1.80 bits per heavy atom. The number of rotatable bonds is 11. The predicted octanol–water partition coefficient (Wildman–Crippen LogP) is 1.98. The Hall–Kier alpha value is -2.45. The highest BCUT2D eigenvalue weighted by atomic mass is 16.5. The van der Waals surface area contributed by atoms with E-state index in [9.17, 15) is 4.79 Å². The van der Waals surface area contributed by atoms with Crippen molar-refractivity contribution in [3.05, 3.63) is 41.6 Å². The topological polar surface area (TPSA) is 80.9 Å². The summed E-state index contributed by atoms with van der Waals surface area (Å²) < 4.78 is 16.2. The number of benzene rings is 1. The van der Waals surface area contributed by atoms with Crippen LogP contribution in [0.1, 0.15) is 30.2 Å². The third-order valence-electron chi connectivity index (χ3n) is 5.35. The lowest BCUT2D eigenvalue weighted by atomic mass is 10.1. The molecular formula is C22H32N4O4. The standard InChI is InChI=1S/C22H32N4O4/c1-25(12-3-13-26-14-16-29-17-15-26)22(27)11-10-21-24-23-20(30-21)9-6-18-4-7-19(28-2)8-5-18/h4-5,7-8H,3,6,9-17H2,1-2H3. The lowest BCUT2D eigenvalue weighted by Gasteiger charge is -2.27. The van der Waals surface area contributed by atoms with Gasteiger partial charge in [-0.15, -0.1) is 10.2 Å². The summed E-state index contributed by atoms with van der Waals surface area (Å²) in [7, 11) is 3.51. The van der Waals surface area contributed by atoms with Crippen LogP contribution in [-0.2, 0) is 28.8 Å². The number of aromatic nitrogens is 2. The molecule has 0 N–H and O–H groups in total. The first kappa shape index (κ1) is 22.2. The van der Waals surface area contributed by atoms with Crippen molar-refractivity contribution < 1.29 is 18.7 Å². The van der Waals surface area contributed by atoms with Gasteiger partial charge in [0, 0.05) is 52.5 Å². The van der Waals surface area contributed by atoms with Gasteiger partial charge < -0.3 is 18.8 Å². The molecule has 164 valence electrons. The van der Waals surface area contributed by atoms with E-state index in [1.54, 1.807) is 12.0 Å². The van der Waals surface area contributed by atoms with Crippen molar-refractivity contribution in [1.82, 2.24) is 20.0 Å². The first-order valence-corrected chi connectivity index (χ1v) is 10.6. The van der Waals surface area contributed by atoms with Crippen LogP contribution in [0.5, 0.6) is 5.75 Å². The number of carbonyl (C=O) groups excluding carboxylic acids is 1. The Bertz CT molecular complexity index is 772. The van der Waals surface area contributed by atoms with Crippen molar-refractivity contribution in [1.29, 1.82) is 0 Å². The summed E-state index contributed by atoms with van der Waals surface area (Å²) in [6.45, 7) is 5.34. The number of morpholine rings is 1. The van der Waals surface area contributed by atoms with Gasteiger partial charge in [0.15, 0.2) is 0 Å². The third-order valence-corrected chi connectivity index (χ3v) is 5.35. The fourth-order valence-corrected chi connectivity index (χ4v) is 3.42. The summed E-state index contributed by atoms with van der Waals surface area (Å²) in [5.41, 5.74) is 1.18. The lowest BCUT2D eigenvalue weighted by molar-refractivity contribution is -0.130. The Balaban J connectivity index is 1.33. The third kappa shape index (κ3) is 7.11. The molecule has 8 nitrogen and oxygen atoms in total. The zero-order chi connectivity index (χ0) is 21.2. The first-order chi connectivity index (χ1) is 14.6. The maximum atomic E-state index is 12.4. The molecule has 1 aliphatic heterocycles. The molecule has 0 atom stereocenters. The van der Waals surface area contributed by atoms with Gasteiger partial charge in [0.1, 0.15) is 5.75 Å². The number of methoxy groups -OCH3 is 1. The highest BCUT2D eigenvalue weighted by Crippen LogP contribution is 2.13. The molecule has 0 spiro atoms. The van der Waals surface area contributed by atoms with Gasteiger partial charge in [-0.3, -0.25) is 9.69 Å². The second-order valence-electron chi connectivity index (χ2n) is 7.56. The number of carbonyl (C=O) groups is 1. The molecule has 1 fully saturated rings. The van der Waals surface area contributed by atoms with Crippen molar-refractivity contribution in [3.63, 3.8) is 0 Å². The number of nitrogens with zero attached hydrogens (tertiary/aromatic N) is 4. The van der Waals surface area contributed by atoms with E-state index < -0.39 is 0 Å². The molecule has 0 aliphatic carbocycles. The van der Waals surface area contributed by atoms with E-state index in [2.05, 4.69) is 15.1 Å². The largest absolute Gasteiger partial charge is 0.497 e. The molecule has 1 aromatic carbocycles. The fraction of sp³-hybridized carbons (Fsp3) is 0.591. The SMILES string of the molecule is COc1ccc(CCc2nnc(CCC(=O)N(C)CCCN3CCOCC3)o2)cc1. The maximum absolute atomic E-state index is 12.4. The van der Waals surface area contributed by atoms with Gasteiger partial charge in [-0.1, -0.05) is 12.1 Å². The van der Waals surface area contributed by atoms with Gasteiger partial charge >= 0.3 is 0 Å². The molecule has 1 saturated heterocycles. The van der Waals surface area contributed by atoms with Crippen molar-refractivity contribution in [2.75, 3.05) is 53.6 Å². The molecule has 3 rings (SSSR count). The minimum absolute atomic E-state index is 0.106. The number of aryl methyl sites for hydroxylation is 3. The number of hydrogen-bond donors (Lipinski definition) is 0. The van der Waals surface area contributed by atoms with E-state index in [1.165, 1.54) is 5.56 Å². The molecule has 1 aromatic heterocycles. The van der Waals surface area contributed by atoms with Crippen LogP contribution in [-0.4, -0.2) is 79.5 Å². The zero-order valence-electron chi connectivity index (χ0n) is 18.0. The van der Waals surface area contributed by atoms with E-state index in [-0.39, 0.29) is 5.91 Å². The molecule has 8 heteroatoms. The van der Waals surface area contributed by atoms with Crippen LogP contribution in [0.4, 0.5) is 0 Å². The Morgan fingerprint density at radius 3 is 2.50 bits per heavy atom. The second kappa shape index (κ2) is 11.7. The number of ether oxygens (including phenoxy) is 2. The molecule has 1 aliphatic rings. The van der Waals surface area contributed by atoms with Crippen LogP contribution in [0.15, 0.2) is 28.7 Å². The molecule has 0 bridgehead atoms. The molecule has 30 heavy (non-hydrogen) atoms. The predicted molar refractivity (Wildman–Crippen MR) is 113 cm³/mol. The quantitative estimate of drug-likeness (QED) is 0.554.